The second-order valence-corrected chi connectivity index (χ2v) is 8.41. The Morgan fingerprint density at radius 1 is 0.735 bits per heavy atom. The van der Waals surface area contributed by atoms with Gasteiger partial charge in [0.2, 0.25) is 0 Å². The number of benzene rings is 3. The van der Waals surface area contributed by atoms with Gasteiger partial charge >= 0.3 is 5.97 Å². The lowest BCUT2D eigenvalue weighted by Crippen LogP contribution is -2.51. The maximum atomic E-state index is 12.8. The van der Waals surface area contributed by atoms with Gasteiger partial charge in [-0.1, -0.05) is 72.8 Å². The van der Waals surface area contributed by atoms with Gasteiger partial charge in [-0.2, -0.15) is 0 Å². The average molecular weight is 457 g/mol. The van der Waals surface area contributed by atoms with Crippen molar-refractivity contribution in [3.8, 4) is 0 Å². The van der Waals surface area contributed by atoms with E-state index in [9.17, 15) is 14.4 Å². The van der Waals surface area contributed by atoms with Gasteiger partial charge in [-0.15, -0.1) is 0 Å². The van der Waals surface area contributed by atoms with Crippen LogP contribution in [0.15, 0.2) is 84.9 Å². The van der Waals surface area contributed by atoms with Crippen molar-refractivity contribution in [3.05, 3.63) is 107 Å². The van der Waals surface area contributed by atoms with Gasteiger partial charge < -0.3 is 9.64 Å². The second kappa shape index (κ2) is 10.9. The minimum atomic E-state index is -0.876. The highest BCUT2D eigenvalue weighted by Crippen LogP contribution is 2.14. The summed E-state index contributed by atoms with van der Waals surface area (Å²) in [4.78, 5) is 42.0. The van der Waals surface area contributed by atoms with E-state index in [4.69, 9.17) is 4.74 Å². The van der Waals surface area contributed by atoms with Crippen LogP contribution in [0.5, 0.6) is 0 Å². The third-order valence-corrected chi connectivity index (χ3v) is 5.98. The predicted octanol–water partition coefficient (Wildman–Crippen LogP) is 3.81. The summed E-state index contributed by atoms with van der Waals surface area (Å²) < 4.78 is 5.43. The SMILES string of the molecule is C[C@@H](OC(=O)c1ccc(C(=O)c2ccccc2)cc1)C(=O)N1CCN(Cc2ccccc2)CC1. The largest absolute Gasteiger partial charge is 0.449 e. The average Bonchev–Trinajstić information content (AvgIpc) is 2.89. The third kappa shape index (κ3) is 5.77. The summed E-state index contributed by atoms with van der Waals surface area (Å²) in [5.74, 6) is -0.888. The van der Waals surface area contributed by atoms with Gasteiger partial charge in [0.15, 0.2) is 11.9 Å². The summed E-state index contributed by atoms with van der Waals surface area (Å²) in [5.41, 5.74) is 2.62. The van der Waals surface area contributed by atoms with Crippen LogP contribution in [0, 0.1) is 0 Å². The van der Waals surface area contributed by atoms with Crippen molar-refractivity contribution in [1.82, 2.24) is 9.80 Å². The van der Waals surface area contributed by atoms with Gasteiger partial charge in [0.1, 0.15) is 0 Å². The van der Waals surface area contributed by atoms with Crippen LogP contribution in [0.3, 0.4) is 0 Å². The summed E-state index contributed by atoms with van der Waals surface area (Å²) in [6, 6.07) is 25.5. The molecule has 0 aliphatic carbocycles. The number of ketones is 1. The molecule has 1 aliphatic rings. The molecule has 0 radical (unpaired) electrons. The van der Waals surface area contributed by atoms with Crippen LogP contribution < -0.4 is 0 Å². The molecule has 34 heavy (non-hydrogen) atoms. The number of esters is 1. The zero-order valence-electron chi connectivity index (χ0n) is 19.2. The Morgan fingerprint density at radius 3 is 1.88 bits per heavy atom. The fraction of sp³-hybridized carbons (Fsp3) is 0.250. The number of carbonyl (C=O) groups excluding carboxylic acids is 3. The van der Waals surface area contributed by atoms with Crippen molar-refractivity contribution in [2.45, 2.75) is 19.6 Å². The Balaban J connectivity index is 1.28. The molecule has 1 heterocycles. The molecular weight excluding hydrogens is 428 g/mol. The lowest BCUT2D eigenvalue weighted by molar-refractivity contribution is -0.141. The highest BCUT2D eigenvalue weighted by atomic mass is 16.5. The number of rotatable bonds is 7. The highest BCUT2D eigenvalue weighted by molar-refractivity contribution is 6.09. The van der Waals surface area contributed by atoms with E-state index in [1.165, 1.54) is 5.56 Å². The Kier molecular flexibility index (Phi) is 7.50. The first kappa shape index (κ1) is 23.4. The van der Waals surface area contributed by atoms with Crippen molar-refractivity contribution >= 4 is 17.7 Å². The van der Waals surface area contributed by atoms with E-state index in [1.54, 1.807) is 60.4 Å². The van der Waals surface area contributed by atoms with Crippen molar-refractivity contribution < 1.29 is 19.1 Å². The molecule has 1 amide bonds. The van der Waals surface area contributed by atoms with Crippen LogP contribution in [0.4, 0.5) is 0 Å². The normalized spacial score (nSPS) is 14.9. The molecule has 1 fully saturated rings. The van der Waals surface area contributed by atoms with Crippen LogP contribution in [-0.2, 0) is 16.1 Å². The molecule has 0 spiro atoms. The number of hydrogen-bond acceptors (Lipinski definition) is 5. The Morgan fingerprint density at radius 2 is 1.26 bits per heavy atom. The van der Waals surface area contributed by atoms with Gasteiger partial charge in [-0.25, -0.2) is 4.79 Å². The fourth-order valence-electron chi connectivity index (χ4n) is 4.02. The molecule has 1 atom stereocenters. The van der Waals surface area contributed by atoms with Crippen molar-refractivity contribution in [3.63, 3.8) is 0 Å². The second-order valence-electron chi connectivity index (χ2n) is 8.41. The van der Waals surface area contributed by atoms with Crippen LogP contribution in [0.2, 0.25) is 0 Å². The maximum Gasteiger partial charge on any atom is 0.338 e. The van der Waals surface area contributed by atoms with Crippen LogP contribution in [0.25, 0.3) is 0 Å². The van der Waals surface area contributed by atoms with Crippen molar-refractivity contribution in [2.24, 2.45) is 0 Å². The summed E-state index contributed by atoms with van der Waals surface area (Å²) in [6.07, 6.45) is -0.876. The summed E-state index contributed by atoms with van der Waals surface area (Å²) in [6.45, 7) is 5.21. The van der Waals surface area contributed by atoms with Gasteiger partial charge in [0.25, 0.3) is 5.91 Å². The number of piperazine rings is 1. The molecule has 6 nitrogen and oxygen atoms in total. The van der Waals surface area contributed by atoms with E-state index < -0.39 is 12.1 Å². The van der Waals surface area contributed by atoms with E-state index in [0.717, 1.165) is 19.6 Å². The molecule has 3 aromatic rings. The summed E-state index contributed by atoms with van der Waals surface area (Å²) in [5, 5.41) is 0. The molecule has 3 aromatic carbocycles. The van der Waals surface area contributed by atoms with E-state index in [-0.39, 0.29) is 11.7 Å². The molecule has 0 saturated carbocycles. The number of carbonyl (C=O) groups is 3. The molecule has 0 bridgehead atoms. The van der Waals surface area contributed by atoms with Gasteiger partial charge in [0, 0.05) is 43.9 Å². The zero-order valence-corrected chi connectivity index (χ0v) is 19.2. The first-order chi connectivity index (χ1) is 16.5. The van der Waals surface area contributed by atoms with Crippen molar-refractivity contribution in [1.29, 1.82) is 0 Å². The molecule has 1 aliphatic heterocycles. The molecule has 4 rings (SSSR count). The van der Waals surface area contributed by atoms with E-state index in [0.29, 0.717) is 29.8 Å². The maximum absolute atomic E-state index is 12.8. The van der Waals surface area contributed by atoms with Gasteiger partial charge in [-0.3, -0.25) is 14.5 Å². The topological polar surface area (TPSA) is 66.9 Å². The number of amides is 1. The van der Waals surface area contributed by atoms with Gasteiger partial charge in [-0.05, 0) is 24.6 Å². The Bertz CT molecular complexity index is 1120. The van der Waals surface area contributed by atoms with Gasteiger partial charge in [0.05, 0.1) is 5.56 Å². The smallest absolute Gasteiger partial charge is 0.338 e. The molecule has 0 aromatic heterocycles. The van der Waals surface area contributed by atoms with Crippen LogP contribution >= 0.6 is 0 Å². The quantitative estimate of drug-likeness (QED) is 0.400. The highest BCUT2D eigenvalue weighted by Gasteiger charge is 2.27. The standard InChI is InChI=1S/C28H28N2O4/c1-21(27(32)30-18-16-29(17-19-30)20-22-8-4-2-5-9-22)34-28(33)25-14-12-24(13-15-25)26(31)23-10-6-3-7-11-23/h2-15,21H,16-20H2,1H3/t21-/m1/s1. The fourth-order valence-corrected chi connectivity index (χ4v) is 4.02. The number of nitrogens with zero attached hydrogens (tertiary/aromatic N) is 2. The predicted molar refractivity (Wildman–Crippen MR) is 129 cm³/mol. The molecule has 174 valence electrons. The lowest BCUT2D eigenvalue weighted by Gasteiger charge is -2.35. The minimum absolute atomic E-state index is 0.115. The third-order valence-electron chi connectivity index (χ3n) is 5.98. The molecule has 1 saturated heterocycles. The first-order valence-corrected chi connectivity index (χ1v) is 11.5. The van der Waals surface area contributed by atoms with Crippen molar-refractivity contribution in [2.75, 3.05) is 26.2 Å². The van der Waals surface area contributed by atoms with Crippen LogP contribution in [0.1, 0.15) is 38.8 Å². The number of ether oxygens (including phenoxy) is 1. The van der Waals surface area contributed by atoms with E-state index in [2.05, 4.69) is 17.0 Å². The van der Waals surface area contributed by atoms with E-state index >= 15 is 0 Å². The summed E-state index contributed by atoms with van der Waals surface area (Å²) in [7, 11) is 0. The van der Waals surface area contributed by atoms with Crippen LogP contribution in [-0.4, -0.2) is 59.7 Å². The lowest BCUT2D eigenvalue weighted by atomic mass is 10.0. The Labute approximate surface area is 199 Å². The minimum Gasteiger partial charge on any atom is -0.449 e. The molecule has 0 unspecified atom stereocenters. The zero-order chi connectivity index (χ0) is 23.9. The first-order valence-electron chi connectivity index (χ1n) is 11.5. The van der Waals surface area contributed by atoms with E-state index in [1.807, 2.05) is 24.3 Å². The molecule has 6 heteroatoms. The number of hydrogen-bond donors (Lipinski definition) is 0. The summed E-state index contributed by atoms with van der Waals surface area (Å²) >= 11 is 0. The molecular formula is C28H28N2O4. The Hall–Kier alpha value is -3.77. The molecule has 0 N–H and O–H groups in total. The monoisotopic (exact) mass is 456 g/mol.